The lowest BCUT2D eigenvalue weighted by atomic mass is 10.2. The van der Waals surface area contributed by atoms with Crippen LogP contribution in [0.4, 0.5) is 5.69 Å². The Labute approximate surface area is 127 Å². The minimum atomic E-state index is -0.274. The van der Waals surface area contributed by atoms with Gasteiger partial charge in [0.2, 0.25) is 5.91 Å². The number of nitrogens with one attached hydrogen (secondary N) is 1. The Balaban J connectivity index is 2.04. The predicted octanol–water partition coefficient (Wildman–Crippen LogP) is 1.43. The van der Waals surface area contributed by atoms with Gasteiger partial charge in [0.1, 0.15) is 11.5 Å². The molecule has 1 heterocycles. The summed E-state index contributed by atoms with van der Waals surface area (Å²) < 4.78 is 1.35. The standard InChI is InChI=1S/C15H15N3O2S/c1-10-6-7-18(14(20)8-10)9-13(19)17-12-4-2-11(3-5-12)15(16)21/h2-8H,9H2,1H3,(H2,16,21)(H,17,19). The first-order valence-electron chi connectivity index (χ1n) is 6.32. The van der Waals surface area contributed by atoms with E-state index in [1.165, 1.54) is 10.6 Å². The first kappa shape index (κ1) is 14.9. The summed E-state index contributed by atoms with van der Waals surface area (Å²) in [4.78, 5) is 23.9. The van der Waals surface area contributed by atoms with Crippen LogP contribution in [0.5, 0.6) is 0 Å². The highest BCUT2D eigenvalue weighted by Gasteiger charge is 2.05. The van der Waals surface area contributed by atoms with E-state index >= 15 is 0 Å². The van der Waals surface area contributed by atoms with Crippen LogP contribution in [0.15, 0.2) is 47.4 Å². The molecular formula is C15H15N3O2S. The third kappa shape index (κ3) is 4.00. The number of hydrogen-bond donors (Lipinski definition) is 2. The van der Waals surface area contributed by atoms with Gasteiger partial charge in [0.25, 0.3) is 5.56 Å². The smallest absolute Gasteiger partial charge is 0.251 e. The third-order valence-corrected chi connectivity index (χ3v) is 3.15. The molecule has 0 spiro atoms. The molecule has 1 amide bonds. The van der Waals surface area contributed by atoms with Crippen LogP contribution < -0.4 is 16.6 Å². The number of amides is 1. The summed E-state index contributed by atoms with van der Waals surface area (Å²) in [6.07, 6.45) is 1.60. The topological polar surface area (TPSA) is 77.1 Å². The van der Waals surface area contributed by atoms with Crippen molar-refractivity contribution in [1.82, 2.24) is 4.57 Å². The number of thiocarbonyl (C=S) groups is 1. The third-order valence-electron chi connectivity index (χ3n) is 2.92. The van der Waals surface area contributed by atoms with Crippen molar-refractivity contribution < 1.29 is 4.79 Å². The van der Waals surface area contributed by atoms with Crippen molar-refractivity contribution in [2.75, 3.05) is 5.32 Å². The van der Waals surface area contributed by atoms with Gasteiger partial charge in [0.15, 0.2) is 0 Å². The number of hydrogen-bond acceptors (Lipinski definition) is 3. The normalized spacial score (nSPS) is 10.1. The molecular weight excluding hydrogens is 286 g/mol. The summed E-state index contributed by atoms with van der Waals surface area (Å²) in [6, 6.07) is 10.2. The molecule has 0 aliphatic carbocycles. The molecule has 0 aliphatic heterocycles. The molecule has 6 heteroatoms. The lowest BCUT2D eigenvalue weighted by Crippen LogP contribution is -2.26. The maximum atomic E-state index is 11.9. The van der Waals surface area contributed by atoms with Crippen molar-refractivity contribution in [1.29, 1.82) is 0 Å². The van der Waals surface area contributed by atoms with Crippen molar-refractivity contribution in [2.24, 2.45) is 5.73 Å². The molecule has 2 aromatic rings. The average molecular weight is 301 g/mol. The Hall–Kier alpha value is -2.47. The fourth-order valence-corrected chi connectivity index (χ4v) is 1.95. The van der Waals surface area contributed by atoms with E-state index in [0.717, 1.165) is 11.1 Å². The second-order valence-electron chi connectivity index (χ2n) is 4.66. The minimum absolute atomic E-state index is 0.0316. The largest absolute Gasteiger partial charge is 0.389 e. The van der Waals surface area contributed by atoms with E-state index in [2.05, 4.69) is 5.32 Å². The van der Waals surface area contributed by atoms with Crippen LogP contribution in [0.3, 0.4) is 0 Å². The van der Waals surface area contributed by atoms with Crippen molar-refractivity contribution in [3.63, 3.8) is 0 Å². The number of rotatable bonds is 4. The summed E-state index contributed by atoms with van der Waals surface area (Å²) in [7, 11) is 0. The fourth-order valence-electron chi connectivity index (χ4n) is 1.81. The summed E-state index contributed by atoms with van der Waals surface area (Å²) >= 11 is 4.86. The predicted molar refractivity (Wildman–Crippen MR) is 86.4 cm³/mol. The highest BCUT2D eigenvalue weighted by molar-refractivity contribution is 7.80. The van der Waals surface area contributed by atoms with Gasteiger partial charge in [-0.15, -0.1) is 0 Å². The Bertz CT molecular complexity index is 735. The number of carbonyl (C=O) groups is 1. The summed E-state index contributed by atoms with van der Waals surface area (Å²) in [5.41, 5.74) is 7.53. The lowest BCUT2D eigenvalue weighted by Gasteiger charge is -2.08. The van der Waals surface area contributed by atoms with Gasteiger partial charge in [-0.1, -0.05) is 12.2 Å². The summed E-state index contributed by atoms with van der Waals surface area (Å²) in [5.74, 6) is -0.274. The Morgan fingerprint density at radius 1 is 1.29 bits per heavy atom. The van der Waals surface area contributed by atoms with E-state index in [1.807, 2.05) is 6.92 Å². The lowest BCUT2D eigenvalue weighted by molar-refractivity contribution is -0.116. The van der Waals surface area contributed by atoms with Crippen LogP contribution in [-0.4, -0.2) is 15.5 Å². The Morgan fingerprint density at radius 2 is 1.95 bits per heavy atom. The average Bonchev–Trinajstić information content (AvgIpc) is 2.42. The summed E-state index contributed by atoms with van der Waals surface area (Å²) in [6.45, 7) is 1.80. The number of aryl methyl sites for hydroxylation is 1. The van der Waals surface area contributed by atoms with Gasteiger partial charge in [-0.3, -0.25) is 9.59 Å². The number of anilines is 1. The molecule has 0 saturated carbocycles. The zero-order valence-corrected chi connectivity index (χ0v) is 12.3. The molecule has 0 radical (unpaired) electrons. The molecule has 1 aromatic heterocycles. The van der Waals surface area contributed by atoms with E-state index in [-0.39, 0.29) is 18.0 Å². The van der Waals surface area contributed by atoms with Crippen molar-refractivity contribution >= 4 is 28.8 Å². The SMILES string of the molecule is Cc1ccn(CC(=O)Nc2ccc(C(N)=S)cc2)c(=O)c1. The number of aromatic nitrogens is 1. The fraction of sp³-hybridized carbons (Fsp3) is 0.133. The first-order valence-corrected chi connectivity index (χ1v) is 6.73. The van der Waals surface area contributed by atoms with Crippen molar-refractivity contribution in [2.45, 2.75) is 13.5 Å². The Morgan fingerprint density at radius 3 is 2.52 bits per heavy atom. The van der Waals surface area contributed by atoms with E-state index < -0.39 is 0 Å². The van der Waals surface area contributed by atoms with Crippen LogP contribution in [0, 0.1) is 6.92 Å². The highest BCUT2D eigenvalue weighted by Crippen LogP contribution is 2.09. The van der Waals surface area contributed by atoms with Gasteiger partial charge in [-0.2, -0.15) is 0 Å². The molecule has 5 nitrogen and oxygen atoms in total. The van der Waals surface area contributed by atoms with E-state index in [9.17, 15) is 9.59 Å². The van der Waals surface area contributed by atoms with Gasteiger partial charge >= 0.3 is 0 Å². The minimum Gasteiger partial charge on any atom is -0.389 e. The first-order chi connectivity index (χ1) is 9.95. The molecule has 0 fully saturated rings. The molecule has 0 aliphatic rings. The van der Waals surface area contributed by atoms with Crippen LogP contribution in [0.25, 0.3) is 0 Å². The molecule has 0 bridgehead atoms. The molecule has 108 valence electrons. The quantitative estimate of drug-likeness (QED) is 0.838. The zero-order chi connectivity index (χ0) is 15.4. The number of carbonyl (C=O) groups excluding carboxylic acids is 1. The van der Waals surface area contributed by atoms with Gasteiger partial charge in [0, 0.05) is 23.5 Å². The molecule has 21 heavy (non-hydrogen) atoms. The number of benzene rings is 1. The molecule has 1 aromatic carbocycles. The van der Waals surface area contributed by atoms with Crippen LogP contribution >= 0.6 is 12.2 Å². The maximum absolute atomic E-state index is 11.9. The Kier molecular flexibility index (Phi) is 4.49. The number of nitrogens with zero attached hydrogens (tertiary/aromatic N) is 1. The molecule has 0 saturated heterocycles. The van der Waals surface area contributed by atoms with Crippen LogP contribution in [-0.2, 0) is 11.3 Å². The molecule has 3 N–H and O–H groups in total. The van der Waals surface area contributed by atoms with Gasteiger partial charge < -0.3 is 15.6 Å². The van der Waals surface area contributed by atoms with E-state index in [4.69, 9.17) is 18.0 Å². The van der Waals surface area contributed by atoms with Crippen molar-refractivity contribution in [3.8, 4) is 0 Å². The van der Waals surface area contributed by atoms with Gasteiger partial charge in [-0.25, -0.2) is 0 Å². The number of pyridine rings is 1. The summed E-state index contributed by atoms with van der Waals surface area (Å²) in [5, 5.41) is 2.72. The second kappa shape index (κ2) is 6.32. The zero-order valence-electron chi connectivity index (χ0n) is 11.5. The molecule has 0 unspecified atom stereocenters. The van der Waals surface area contributed by atoms with Crippen molar-refractivity contribution in [3.05, 3.63) is 64.1 Å². The van der Waals surface area contributed by atoms with Gasteiger partial charge in [-0.05, 0) is 42.8 Å². The maximum Gasteiger partial charge on any atom is 0.251 e. The number of nitrogens with two attached hydrogens (primary N) is 1. The second-order valence-corrected chi connectivity index (χ2v) is 5.10. The van der Waals surface area contributed by atoms with E-state index in [1.54, 1.807) is 36.5 Å². The van der Waals surface area contributed by atoms with Gasteiger partial charge in [0.05, 0.1) is 0 Å². The molecule has 0 atom stereocenters. The molecule has 2 rings (SSSR count). The van der Waals surface area contributed by atoms with Crippen LogP contribution in [0.2, 0.25) is 0 Å². The monoisotopic (exact) mass is 301 g/mol. The van der Waals surface area contributed by atoms with E-state index in [0.29, 0.717) is 10.7 Å². The highest BCUT2D eigenvalue weighted by atomic mass is 32.1. The van der Waals surface area contributed by atoms with Crippen LogP contribution in [0.1, 0.15) is 11.1 Å².